The Bertz CT molecular complexity index is 312. The minimum Gasteiger partial charge on any atom is -0.268 e. The molecule has 2 nitrogen and oxygen atoms in total. The van der Waals surface area contributed by atoms with Crippen LogP contribution in [0, 0.1) is 0 Å². The van der Waals surface area contributed by atoms with Gasteiger partial charge in [-0.3, -0.25) is 4.68 Å². The third-order valence-corrected chi connectivity index (χ3v) is 3.86. The van der Waals surface area contributed by atoms with Gasteiger partial charge in [0.1, 0.15) is 0 Å². The van der Waals surface area contributed by atoms with E-state index in [1.54, 1.807) is 6.20 Å². The van der Waals surface area contributed by atoms with Crippen molar-refractivity contribution in [3.8, 4) is 0 Å². The molecule has 1 heterocycles. The van der Waals surface area contributed by atoms with Gasteiger partial charge in [-0.25, -0.2) is 0 Å². The second kappa shape index (κ2) is 7.33. The molecule has 1 atom stereocenters. The van der Waals surface area contributed by atoms with Crippen LogP contribution >= 0.6 is 27.5 Å². The Kier molecular flexibility index (Phi) is 6.44. The Morgan fingerprint density at radius 3 is 2.75 bits per heavy atom. The van der Waals surface area contributed by atoms with Gasteiger partial charge in [0.2, 0.25) is 0 Å². The number of hydrogen-bond donors (Lipinski definition) is 0. The van der Waals surface area contributed by atoms with Gasteiger partial charge in [-0.1, -0.05) is 47.8 Å². The summed E-state index contributed by atoms with van der Waals surface area (Å²) < 4.78 is 2.04. The molecule has 0 radical (unpaired) electrons. The molecule has 92 valence electrons. The van der Waals surface area contributed by atoms with Crippen LogP contribution < -0.4 is 0 Å². The first-order valence-corrected chi connectivity index (χ1v) is 7.32. The molecule has 0 amide bonds. The van der Waals surface area contributed by atoms with Crippen molar-refractivity contribution in [2.75, 3.05) is 0 Å². The Morgan fingerprint density at radius 2 is 2.12 bits per heavy atom. The predicted molar refractivity (Wildman–Crippen MR) is 73.5 cm³/mol. The maximum Gasteiger partial charge on any atom is 0.0817 e. The summed E-state index contributed by atoms with van der Waals surface area (Å²) in [6.07, 6.45) is 7.43. The van der Waals surface area contributed by atoms with Crippen molar-refractivity contribution < 1.29 is 0 Å². The summed E-state index contributed by atoms with van der Waals surface area (Å²) in [6.45, 7) is 5.33. The van der Waals surface area contributed by atoms with Crippen LogP contribution in [0.5, 0.6) is 0 Å². The first kappa shape index (κ1) is 14.0. The summed E-state index contributed by atoms with van der Waals surface area (Å²) >= 11 is 9.84. The van der Waals surface area contributed by atoms with E-state index in [0.717, 1.165) is 30.8 Å². The van der Waals surface area contributed by atoms with E-state index in [4.69, 9.17) is 11.6 Å². The molecule has 1 unspecified atom stereocenters. The van der Waals surface area contributed by atoms with Gasteiger partial charge < -0.3 is 0 Å². The summed E-state index contributed by atoms with van der Waals surface area (Å²) in [4.78, 5) is 0.596. The molecule has 0 N–H and O–H groups in total. The number of rotatable bonds is 7. The minimum absolute atomic E-state index is 0.596. The number of aromatic nitrogens is 2. The minimum atomic E-state index is 0.596. The van der Waals surface area contributed by atoms with Crippen molar-refractivity contribution in [1.82, 2.24) is 9.78 Å². The van der Waals surface area contributed by atoms with Gasteiger partial charge >= 0.3 is 0 Å². The lowest BCUT2D eigenvalue weighted by molar-refractivity contribution is 0.562. The maximum absolute atomic E-state index is 6.14. The second-order valence-electron chi connectivity index (χ2n) is 4.09. The number of halogens is 2. The molecular weight excluding hydrogens is 288 g/mol. The maximum atomic E-state index is 6.14. The molecule has 0 aliphatic heterocycles. The quantitative estimate of drug-likeness (QED) is 0.681. The Hall–Kier alpha value is -0.0200. The van der Waals surface area contributed by atoms with Crippen LogP contribution in [-0.2, 0) is 13.0 Å². The van der Waals surface area contributed by atoms with Gasteiger partial charge in [-0.2, -0.15) is 5.10 Å². The zero-order valence-electron chi connectivity index (χ0n) is 10.0. The average molecular weight is 308 g/mol. The van der Waals surface area contributed by atoms with E-state index in [0.29, 0.717) is 4.83 Å². The molecule has 0 saturated carbocycles. The monoisotopic (exact) mass is 306 g/mol. The normalized spacial score (nSPS) is 13.0. The SMILES string of the molecule is CCCC(Br)CCc1c(Cl)cnn1CCC. The lowest BCUT2D eigenvalue weighted by atomic mass is 10.1. The molecule has 0 spiro atoms. The van der Waals surface area contributed by atoms with Gasteiger partial charge in [-0.15, -0.1) is 0 Å². The second-order valence-corrected chi connectivity index (χ2v) is 5.79. The molecule has 1 aromatic rings. The molecule has 0 saturated heterocycles. The molecule has 1 aromatic heterocycles. The smallest absolute Gasteiger partial charge is 0.0817 e. The predicted octanol–water partition coefficient (Wildman–Crippen LogP) is 4.44. The van der Waals surface area contributed by atoms with Crippen LogP contribution in [0.25, 0.3) is 0 Å². The standard InChI is InChI=1S/C12H20BrClN2/c1-3-5-10(13)6-7-12-11(14)9-15-16(12)8-4-2/h9-10H,3-8H2,1-2H3. The zero-order chi connectivity index (χ0) is 12.0. The van der Waals surface area contributed by atoms with E-state index < -0.39 is 0 Å². The van der Waals surface area contributed by atoms with E-state index in [1.165, 1.54) is 18.5 Å². The third kappa shape index (κ3) is 4.10. The van der Waals surface area contributed by atoms with Gasteiger partial charge in [0.15, 0.2) is 0 Å². The molecule has 1 rings (SSSR count). The number of hydrogen-bond acceptors (Lipinski definition) is 1. The Morgan fingerprint density at radius 1 is 1.38 bits per heavy atom. The summed E-state index contributed by atoms with van der Waals surface area (Å²) in [5, 5.41) is 5.11. The highest BCUT2D eigenvalue weighted by molar-refractivity contribution is 9.09. The number of nitrogens with zero attached hydrogens (tertiary/aromatic N) is 2. The van der Waals surface area contributed by atoms with Crippen molar-refractivity contribution in [2.45, 2.75) is 57.3 Å². The van der Waals surface area contributed by atoms with Crippen LogP contribution in [0.2, 0.25) is 5.02 Å². The van der Waals surface area contributed by atoms with E-state index in [1.807, 2.05) is 4.68 Å². The van der Waals surface area contributed by atoms with E-state index in [2.05, 4.69) is 34.9 Å². The zero-order valence-corrected chi connectivity index (χ0v) is 12.4. The van der Waals surface area contributed by atoms with Gasteiger partial charge in [0.05, 0.1) is 16.9 Å². The fourth-order valence-corrected chi connectivity index (χ4v) is 2.71. The van der Waals surface area contributed by atoms with E-state index in [-0.39, 0.29) is 0 Å². The average Bonchev–Trinajstić information content (AvgIpc) is 2.58. The van der Waals surface area contributed by atoms with Crippen molar-refractivity contribution in [3.63, 3.8) is 0 Å². The van der Waals surface area contributed by atoms with Crippen molar-refractivity contribution >= 4 is 27.5 Å². The first-order valence-electron chi connectivity index (χ1n) is 6.03. The van der Waals surface area contributed by atoms with Crippen molar-refractivity contribution in [1.29, 1.82) is 0 Å². The van der Waals surface area contributed by atoms with Gasteiger partial charge in [0, 0.05) is 11.4 Å². The number of aryl methyl sites for hydroxylation is 1. The molecule has 0 fully saturated rings. The van der Waals surface area contributed by atoms with Gasteiger partial charge in [0.25, 0.3) is 0 Å². The number of alkyl halides is 1. The Balaban J connectivity index is 2.54. The third-order valence-electron chi connectivity index (χ3n) is 2.63. The molecule has 0 aliphatic carbocycles. The van der Waals surface area contributed by atoms with Crippen LogP contribution in [0.15, 0.2) is 6.20 Å². The molecular formula is C12H20BrClN2. The summed E-state index contributed by atoms with van der Waals surface area (Å²) in [7, 11) is 0. The van der Waals surface area contributed by atoms with Crippen LogP contribution in [-0.4, -0.2) is 14.6 Å². The van der Waals surface area contributed by atoms with Crippen molar-refractivity contribution in [2.24, 2.45) is 0 Å². The largest absolute Gasteiger partial charge is 0.268 e. The van der Waals surface area contributed by atoms with Crippen molar-refractivity contribution in [3.05, 3.63) is 16.9 Å². The first-order chi connectivity index (χ1) is 7.69. The molecule has 0 aliphatic rings. The highest BCUT2D eigenvalue weighted by Gasteiger charge is 2.10. The van der Waals surface area contributed by atoms with Crippen LogP contribution in [0.1, 0.15) is 45.2 Å². The highest BCUT2D eigenvalue weighted by Crippen LogP contribution is 2.21. The summed E-state index contributed by atoms with van der Waals surface area (Å²) in [5.41, 5.74) is 1.18. The fraction of sp³-hybridized carbons (Fsp3) is 0.750. The molecule has 16 heavy (non-hydrogen) atoms. The van der Waals surface area contributed by atoms with E-state index in [9.17, 15) is 0 Å². The molecule has 0 bridgehead atoms. The molecule has 4 heteroatoms. The summed E-state index contributed by atoms with van der Waals surface area (Å²) in [6, 6.07) is 0. The lowest BCUT2D eigenvalue weighted by Gasteiger charge is -2.10. The highest BCUT2D eigenvalue weighted by atomic mass is 79.9. The fourth-order valence-electron chi connectivity index (χ4n) is 1.79. The Labute approximate surface area is 111 Å². The van der Waals surface area contributed by atoms with Crippen LogP contribution in [0.3, 0.4) is 0 Å². The lowest BCUT2D eigenvalue weighted by Crippen LogP contribution is -2.07. The topological polar surface area (TPSA) is 17.8 Å². The van der Waals surface area contributed by atoms with Gasteiger partial charge in [-0.05, 0) is 25.7 Å². The van der Waals surface area contributed by atoms with Crippen LogP contribution in [0.4, 0.5) is 0 Å². The van der Waals surface area contributed by atoms with E-state index >= 15 is 0 Å². The summed E-state index contributed by atoms with van der Waals surface area (Å²) in [5.74, 6) is 0. The molecule has 0 aromatic carbocycles.